The van der Waals surface area contributed by atoms with Gasteiger partial charge in [0.25, 0.3) is 0 Å². The van der Waals surface area contributed by atoms with E-state index in [1.165, 1.54) is 5.56 Å². The number of nitrogens with zero attached hydrogens (tertiary/aromatic N) is 1. The van der Waals surface area contributed by atoms with Gasteiger partial charge in [0.05, 0.1) is 5.69 Å². The zero-order valence-corrected chi connectivity index (χ0v) is 13.5. The van der Waals surface area contributed by atoms with Gasteiger partial charge in [0.15, 0.2) is 0 Å². The Morgan fingerprint density at radius 3 is 2.59 bits per heavy atom. The Bertz CT molecular complexity index is 549. The monoisotopic (exact) mass is 302 g/mol. The zero-order valence-electron chi connectivity index (χ0n) is 13.5. The quantitative estimate of drug-likeness (QED) is 0.712. The van der Waals surface area contributed by atoms with Crippen LogP contribution in [0, 0.1) is 0 Å². The van der Waals surface area contributed by atoms with Crippen LogP contribution in [0.1, 0.15) is 44.4 Å². The minimum absolute atomic E-state index is 0.0782. The highest BCUT2D eigenvalue weighted by Crippen LogP contribution is 2.27. The largest absolute Gasteiger partial charge is 0.381 e. The fourth-order valence-electron chi connectivity index (χ4n) is 2.34. The molecule has 0 saturated heterocycles. The van der Waals surface area contributed by atoms with Crippen LogP contribution in [0.5, 0.6) is 0 Å². The maximum atomic E-state index is 5.75. The number of unbranched alkanes of at least 4 members (excludes halogenated alkanes) is 1. The van der Waals surface area contributed by atoms with Gasteiger partial charge in [-0.3, -0.25) is 0 Å². The topological polar surface area (TPSA) is 61.3 Å². The average molecular weight is 302 g/mol. The van der Waals surface area contributed by atoms with E-state index in [4.69, 9.17) is 15.0 Å². The molecule has 0 aliphatic rings. The van der Waals surface area contributed by atoms with Gasteiger partial charge in [0.1, 0.15) is 0 Å². The highest BCUT2D eigenvalue weighted by molar-refractivity contribution is 5.28. The van der Waals surface area contributed by atoms with Crippen molar-refractivity contribution in [1.82, 2.24) is 5.16 Å². The molecule has 0 fully saturated rings. The summed E-state index contributed by atoms with van der Waals surface area (Å²) >= 11 is 0. The Morgan fingerprint density at radius 1 is 1.14 bits per heavy atom. The van der Waals surface area contributed by atoms with E-state index in [0.29, 0.717) is 5.88 Å². The number of hydrogen-bond acceptors (Lipinski definition) is 4. The lowest BCUT2D eigenvalue weighted by molar-refractivity contribution is 0.114. The number of nitrogens with two attached hydrogens (primary N) is 1. The van der Waals surface area contributed by atoms with Gasteiger partial charge < -0.3 is 15.0 Å². The van der Waals surface area contributed by atoms with Crippen LogP contribution in [0.25, 0.3) is 0 Å². The molecule has 4 nitrogen and oxygen atoms in total. The van der Waals surface area contributed by atoms with Crippen molar-refractivity contribution in [1.29, 1.82) is 0 Å². The number of hydrogen-bond donors (Lipinski definition) is 1. The van der Waals surface area contributed by atoms with E-state index >= 15 is 0 Å². The van der Waals surface area contributed by atoms with Crippen LogP contribution in [-0.2, 0) is 16.6 Å². The molecule has 0 radical (unpaired) electrons. The Labute approximate surface area is 132 Å². The molecule has 2 aromatic rings. The van der Waals surface area contributed by atoms with Gasteiger partial charge in [-0.2, -0.15) is 0 Å². The number of benzene rings is 1. The molecule has 0 aliphatic heterocycles. The molecule has 0 unspecified atom stereocenters. The van der Waals surface area contributed by atoms with E-state index < -0.39 is 0 Å². The lowest BCUT2D eigenvalue weighted by Crippen LogP contribution is -2.20. The van der Waals surface area contributed by atoms with Crippen molar-refractivity contribution >= 4 is 5.88 Å². The van der Waals surface area contributed by atoms with E-state index in [1.54, 1.807) is 6.07 Å². The van der Waals surface area contributed by atoms with Gasteiger partial charge in [0.2, 0.25) is 5.88 Å². The summed E-state index contributed by atoms with van der Waals surface area (Å²) in [4.78, 5) is 0. The van der Waals surface area contributed by atoms with Crippen molar-refractivity contribution in [3.05, 3.63) is 47.7 Å². The number of rotatable bonds is 9. The van der Waals surface area contributed by atoms with Crippen molar-refractivity contribution in [3.63, 3.8) is 0 Å². The van der Waals surface area contributed by atoms with E-state index in [0.717, 1.165) is 44.6 Å². The first-order chi connectivity index (χ1) is 10.6. The lowest BCUT2D eigenvalue weighted by Gasteiger charge is -2.21. The first kappa shape index (κ1) is 16.6. The van der Waals surface area contributed by atoms with Crippen LogP contribution in [0.4, 0.5) is 5.88 Å². The van der Waals surface area contributed by atoms with Gasteiger partial charge >= 0.3 is 0 Å². The molecule has 2 N–H and O–H groups in total. The van der Waals surface area contributed by atoms with Gasteiger partial charge in [-0.15, -0.1) is 0 Å². The first-order valence-electron chi connectivity index (χ1n) is 7.92. The van der Waals surface area contributed by atoms with Crippen LogP contribution in [0.15, 0.2) is 40.9 Å². The molecule has 0 spiro atoms. The molecule has 0 saturated carbocycles. The number of anilines is 1. The molecule has 1 aromatic carbocycles. The molecule has 0 aliphatic carbocycles. The normalized spacial score (nSPS) is 11.7. The minimum Gasteiger partial charge on any atom is -0.381 e. The Morgan fingerprint density at radius 2 is 1.91 bits per heavy atom. The molecule has 120 valence electrons. The Kier molecular flexibility index (Phi) is 6.01. The summed E-state index contributed by atoms with van der Waals surface area (Å²) in [6.45, 7) is 5.79. The van der Waals surface area contributed by atoms with E-state index in [2.05, 4.69) is 49.3 Å². The molecule has 0 amide bonds. The summed E-state index contributed by atoms with van der Waals surface area (Å²) in [7, 11) is 0. The zero-order chi connectivity index (χ0) is 15.8. The SMILES string of the molecule is CC(C)(CCOCCCCc1ccccc1)c1cc(N)on1. The van der Waals surface area contributed by atoms with Crippen molar-refractivity contribution in [2.45, 2.75) is 44.9 Å². The third kappa shape index (κ3) is 5.19. The number of ether oxygens (including phenoxy) is 1. The van der Waals surface area contributed by atoms with Gasteiger partial charge in [-0.25, -0.2) is 0 Å². The van der Waals surface area contributed by atoms with Gasteiger partial charge in [-0.05, 0) is 31.2 Å². The van der Waals surface area contributed by atoms with Crippen LogP contribution < -0.4 is 5.73 Å². The van der Waals surface area contributed by atoms with Gasteiger partial charge in [-0.1, -0.05) is 49.3 Å². The van der Waals surface area contributed by atoms with Crippen LogP contribution in [0.3, 0.4) is 0 Å². The summed E-state index contributed by atoms with van der Waals surface area (Å²) in [5.41, 5.74) is 7.78. The maximum absolute atomic E-state index is 5.75. The number of aryl methyl sites for hydroxylation is 1. The summed E-state index contributed by atoms with van der Waals surface area (Å²) in [5, 5.41) is 3.99. The molecular weight excluding hydrogens is 276 g/mol. The molecule has 0 bridgehead atoms. The second-order valence-electron chi connectivity index (χ2n) is 6.30. The third-order valence-electron chi connectivity index (χ3n) is 3.94. The molecule has 22 heavy (non-hydrogen) atoms. The van der Waals surface area contributed by atoms with Crippen molar-refractivity contribution in [2.75, 3.05) is 18.9 Å². The second-order valence-corrected chi connectivity index (χ2v) is 6.30. The van der Waals surface area contributed by atoms with Crippen molar-refractivity contribution in [3.8, 4) is 0 Å². The Hall–Kier alpha value is -1.81. The molecule has 4 heteroatoms. The summed E-state index contributed by atoms with van der Waals surface area (Å²) < 4.78 is 10.7. The van der Waals surface area contributed by atoms with Crippen LogP contribution >= 0.6 is 0 Å². The summed E-state index contributed by atoms with van der Waals surface area (Å²) in [6, 6.07) is 12.4. The smallest absolute Gasteiger partial charge is 0.222 e. The summed E-state index contributed by atoms with van der Waals surface area (Å²) in [6.07, 6.45) is 4.27. The van der Waals surface area contributed by atoms with Crippen LogP contribution in [-0.4, -0.2) is 18.4 Å². The maximum Gasteiger partial charge on any atom is 0.222 e. The lowest BCUT2D eigenvalue weighted by atomic mass is 9.86. The minimum atomic E-state index is -0.0782. The van der Waals surface area contributed by atoms with Crippen LogP contribution in [0.2, 0.25) is 0 Å². The molecule has 1 heterocycles. The van der Waals surface area contributed by atoms with E-state index in [9.17, 15) is 0 Å². The predicted molar refractivity (Wildman–Crippen MR) is 88.8 cm³/mol. The standard InChI is InChI=1S/C18H26N2O2/c1-18(2,16-14-17(19)22-20-16)11-13-21-12-7-6-10-15-8-4-3-5-9-15/h3-5,8-9,14H,6-7,10-13,19H2,1-2H3. The molecule has 2 rings (SSSR count). The molecule has 0 atom stereocenters. The highest BCUT2D eigenvalue weighted by atomic mass is 16.5. The summed E-state index contributed by atoms with van der Waals surface area (Å²) in [5.74, 6) is 0.366. The van der Waals surface area contributed by atoms with Gasteiger partial charge in [0, 0.05) is 24.7 Å². The van der Waals surface area contributed by atoms with Crippen molar-refractivity contribution < 1.29 is 9.26 Å². The number of aromatic nitrogens is 1. The van der Waals surface area contributed by atoms with E-state index in [1.807, 2.05) is 0 Å². The second kappa shape index (κ2) is 7.99. The number of nitrogen functional groups attached to an aromatic ring is 1. The Balaban J connectivity index is 1.57. The predicted octanol–water partition coefficient (Wildman–Crippen LogP) is 3.96. The average Bonchev–Trinajstić information content (AvgIpc) is 2.95. The first-order valence-corrected chi connectivity index (χ1v) is 7.92. The fourth-order valence-corrected chi connectivity index (χ4v) is 2.34. The van der Waals surface area contributed by atoms with E-state index in [-0.39, 0.29) is 5.41 Å². The third-order valence-corrected chi connectivity index (χ3v) is 3.94. The van der Waals surface area contributed by atoms with Crippen molar-refractivity contribution in [2.24, 2.45) is 0 Å². The fraction of sp³-hybridized carbons (Fsp3) is 0.500. The highest BCUT2D eigenvalue weighted by Gasteiger charge is 2.24. The molecular formula is C18H26N2O2. The molecule has 1 aromatic heterocycles.